The molecular formula is C18H25N3O4. The van der Waals surface area contributed by atoms with Gasteiger partial charge in [-0.05, 0) is 25.1 Å². The second kappa shape index (κ2) is 7.86. The standard InChI is InChI=1S/C18H25N3O4/c1-12-16(11-21-6-7-24-14(9-19)10-21)20-18(25-12)15-8-13(22-2)4-5-17(15)23-3/h4-5,8,14H,6-7,9-11,19H2,1-3H3/t14-/m1/s1. The van der Waals surface area contributed by atoms with Crippen molar-refractivity contribution in [2.45, 2.75) is 19.6 Å². The Labute approximate surface area is 147 Å². The number of benzene rings is 1. The molecule has 0 bridgehead atoms. The highest BCUT2D eigenvalue weighted by Crippen LogP contribution is 2.34. The van der Waals surface area contributed by atoms with Crippen molar-refractivity contribution < 1.29 is 18.6 Å². The Morgan fingerprint density at radius 2 is 2.16 bits per heavy atom. The molecule has 1 aromatic carbocycles. The lowest BCUT2D eigenvalue weighted by Gasteiger charge is -2.31. The van der Waals surface area contributed by atoms with Gasteiger partial charge in [-0.3, -0.25) is 4.90 Å². The lowest BCUT2D eigenvalue weighted by molar-refractivity contribution is -0.0264. The number of ether oxygens (including phenoxy) is 3. The largest absolute Gasteiger partial charge is 0.497 e. The highest BCUT2D eigenvalue weighted by Gasteiger charge is 2.22. The van der Waals surface area contributed by atoms with Gasteiger partial charge in [0.25, 0.3) is 0 Å². The summed E-state index contributed by atoms with van der Waals surface area (Å²) in [6.45, 7) is 5.53. The van der Waals surface area contributed by atoms with Crippen LogP contribution < -0.4 is 15.2 Å². The van der Waals surface area contributed by atoms with Gasteiger partial charge >= 0.3 is 0 Å². The van der Waals surface area contributed by atoms with E-state index in [1.54, 1.807) is 14.2 Å². The van der Waals surface area contributed by atoms with Gasteiger partial charge in [-0.1, -0.05) is 0 Å². The molecule has 0 radical (unpaired) electrons. The Morgan fingerprint density at radius 1 is 1.32 bits per heavy atom. The summed E-state index contributed by atoms with van der Waals surface area (Å²) < 4.78 is 22.3. The molecular weight excluding hydrogens is 322 g/mol. The molecule has 1 atom stereocenters. The molecule has 0 unspecified atom stereocenters. The minimum absolute atomic E-state index is 0.0823. The zero-order chi connectivity index (χ0) is 17.8. The van der Waals surface area contributed by atoms with E-state index in [1.807, 2.05) is 25.1 Å². The third-order valence-electron chi connectivity index (χ3n) is 4.39. The Hall–Kier alpha value is -2.09. The number of nitrogens with two attached hydrogens (primary N) is 1. The third kappa shape index (κ3) is 3.95. The lowest BCUT2D eigenvalue weighted by atomic mass is 10.2. The zero-order valence-electron chi connectivity index (χ0n) is 14.9. The molecule has 2 N–H and O–H groups in total. The fourth-order valence-electron chi connectivity index (χ4n) is 2.95. The number of oxazole rings is 1. The van der Waals surface area contributed by atoms with Crippen molar-refractivity contribution >= 4 is 0 Å². The molecule has 7 heteroatoms. The average Bonchev–Trinajstić information content (AvgIpc) is 3.01. The Morgan fingerprint density at radius 3 is 2.88 bits per heavy atom. The molecule has 0 spiro atoms. The Kier molecular flexibility index (Phi) is 5.57. The molecule has 2 heterocycles. The maximum atomic E-state index is 5.91. The van der Waals surface area contributed by atoms with E-state index in [0.29, 0.717) is 31.3 Å². The molecule has 0 saturated carbocycles. The van der Waals surface area contributed by atoms with Crippen molar-refractivity contribution in [2.75, 3.05) is 40.5 Å². The normalized spacial score (nSPS) is 18.3. The van der Waals surface area contributed by atoms with E-state index in [0.717, 1.165) is 35.9 Å². The number of aromatic nitrogens is 1. The van der Waals surface area contributed by atoms with E-state index in [9.17, 15) is 0 Å². The first kappa shape index (κ1) is 17.7. The molecule has 1 aliphatic heterocycles. The molecule has 1 aromatic heterocycles. The summed E-state index contributed by atoms with van der Waals surface area (Å²) in [5.41, 5.74) is 7.41. The number of morpholine rings is 1. The summed E-state index contributed by atoms with van der Waals surface area (Å²) in [5.74, 6) is 2.76. The predicted octanol–water partition coefficient (Wildman–Crippen LogP) is 1.83. The van der Waals surface area contributed by atoms with E-state index >= 15 is 0 Å². The van der Waals surface area contributed by atoms with Crippen molar-refractivity contribution in [3.8, 4) is 23.0 Å². The monoisotopic (exact) mass is 347 g/mol. The van der Waals surface area contributed by atoms with E-state index in [1.165, 1.54) is 0 Å². The molecule has 2 aromatic rings. The minimum atomic E-state index is 0.0823. The molecule has 0 amide bonds. The van der Waals surface area contributed by atoms with Crippen LogP contribution in [-0.2, 0) is 11.3 Å². The molecule has 25 heavy (non-hydrogen) atoms. The fraction of sp³-hybridized carbons (Fsp3) is 0.500. The highest BCUT2D eigenvalue weighted by molar-refractivity contribution is 5.65. The van der Waals surface area contributed by atoms with Gasteiger partial charge in [-0.15, -0.1) is 0 Å². The van der Waals surface area contributed by atoms with Crippen LogP contribution in [0.5, 0.6) is 11.5 Å². The summed E-state index contributed by atoms with van der Waals surface area (Å²) in [6, 6.07) is 5.56. The van der Waals surface area contributed by atoms with Gasteiger partial charge < -0.3 is 24.4 Å². The van der Waals surface area contributed by atoms with E-state index < -0.39 is 0 Å². The predicted molar refractivity (Wildman–Crippen MR) is 93.9 cm³/mol. The topological polar surface area (TPSA) is 83.0 Å². The molecule has 7 nitrogen and oxygen atoms in total. The lowest BCUT2D eigenvalue weighted by Crippen LogP contribution is -2.45. The summed E-state index contributed by atoms with van der Waals surface area (Å²) in [7, 11) is 3.26. The van der Waals surface area contributed by atoms with Gasteiger partial charge in [-0.2, -0.15) is 0 Å². The highest BCUT2D eigenvalue weighted by atomic mass is 16.5. The molecule has 136 valence electrons. The van der Waals surface area contributed by atoms with Gasteiger partial charge in [0.15, 0.2) is 0 Å². The first-order chi connectivity index (χ1) is 12.1. The Balaban J connectivity index is 1.83. The maximum Gasteiger partial charge on any atom is 0.230 e. The number of nitrogens with zero attached hydrogens (tertiary/aromatic N) is 2. The van der Waals surface area contributed by atoms with Crippen molar-refractivity contribution in [3.05, 3.63) is 29.7 Å². The van der Waals surface area contributed by atoms with E-state index in [-0.39, 0.29) is 6.10 Å². The molecule has 1 fully saturated rings. The number of methoxy groups -OCH3 is 2. The van der Waals surface area contributed by atoms with Crippen LogP contribution in [0.3, 0.4) is 0 Å². The molecule has 1 aliphatic rings. The van der Waals surface area contributed by atoms with Crippen molar-refractivity contribution in [1.82, 2.24) is 9.88 Å². The van der Waals surface area contributed by atoms with Crippen molar-refractivity contribution in [1.29, 1.82) is 0 Å². The SMILES string of the molecule is COc1ccc(OC)c(-c2nc(CN3CCO[C@H](CN)C3)c(C)o2)c1. The smallest absolute Gasteiger partial charge is 0.230 e. The van der Waals surface area contributed by atoms with Crippen LogP contribution in [0, 0.1) is 6.92 Å². The number of hydrogen-bond donors (Lipinski definition) is 1. The first-order valence-corrected chi connectivity index (χ1v) is 8.37. The summed E-state index contributed by atoms with van der Waals surface area (Å²) in [4.78, 5) is 6.98. The van der Waals surface area contributed by atoms with E-state index in [2.05, 4.69) is 4.90 Å². The van der Waals surface area contributed by atoms with Crippen LogP contribution in [0.1, 0.15) is 11.5 Å². The second-order valence-corrected chi connectivity index (χ2v) is 6.05. The van der Waals surface area contributed by atoms with Crippen LogP contribution in [-0.4, -0.2) is 56.4 Å². The van der Waals surface area contributed by atoms with Crippen LogP contribution in [0.25, 0.3) is 11.5 Å². The third-order valence-corrected chi connectivity index (χ3v) is 4.39. The number of aryl methyl sites for hydroxylation is 1. The minimum Gasteiger partial charge on any atom is -0.497 e. The number of hydrogen-bond acceptors (Lipinski definition) is 7. The van der Waals surface area contributed by atoms with Crippen LogP contribution in [0.2, 0.25) is 0 Å². The van der Waals surface area contributed by atoms with Gasteiger partial charge in [0.2, 0.25) is 5.89 Å². The second-order valence-electron chi connectivity index (χ2n) is 6.05. The Bertz CT molecular complexity index is 716. The van der Waals surface area contributed by atoms with Crippen molar-refractivity contribution in [2.24, 2.45) is 5.73 Å². The molecule has 3 rings (SSSR count). The van der Waals surface area contributed by atoms with Gasteiger partial charge in [0.1, 0.15) is 17.3 Å². The summed E-state index contributed by atoms with van der Waals surface area (Å²) >= 11 is 0. The van der Waals surface area contributed by atoms with Crippen LogP contribution in [0.4, 0.5) is 0 Å². The maximum absolute atomic E-state index is 5.91. The van der Waals surface area contributed by atoms with Crippen LogP contribution >= 0.6 is 0 Å². The van der Waals surface area contributed by atoms with Gasteiger partial charge in [0, 0.05) is 26.2 Å². The quantitative estimate of drug-likeness (QED) is 0.853. The van der Waals surface area contributed by atoms with Crippen molar-refractivity contribution in [3.63, 3.8) is 0 Å². The summed E-state index contributed by atoms with van der Waals surface area (Å²) in [5, 5.41) is 0. The van der Waals surface area contributed by atoms with Crippen LogP contribution in [0.15, 0.2) is 22.6 Å². The number of rotatable bonds is 6. The van der Waals surface area contributed by atoms with Gasteiger partial charge in [0.05, 0.1) is 38.2 Å². The molecule has 0 aliphatic carbocycles. The first-order valence-electron chi connectivity index (χ1n) is 8.37. The van der Waals surface area contributed by atoms with Gasteiger partial charge in [-0.25, -0.2) is 4.98 Å². The van der Waals surface area contributed by atoms with E-state index in [4.69, 9.17) is 29.3 Å². The zero-order valence-corrected chi connectivity index (χ0v) is 14.9. The summed E-state index contributed by atoms with van der Waals surface area (Å²) in [6.07, 6.45) is 0.0823. The fourth-order valence-corrected chi connectivity index (χ4v) is 2.95. The average molecular weight is 347 g/mol. The molecule has 1 saturated heterocycles.